The maximum absolute atomic E-state index is 3.99. The van der Waals surface area contributed by atoms with Crippen LogP contribution in [0.3, 0.4) is 0 Å². The van der Waals surface area contributed by atoms with Crippen LogP contribution in [0.5, 0.6) is 0 Å². The fourth-order valence-corrected chi connectivity index (χ4v) is 4.98. The van der Waals surface area contributed by atoms with Gasteiger partial charge in [-0.05, 0) is 41.1 Å². The van der Waals surface area contributed by atoms with Gasteiger partial charge in [0.1, 0.15) is 0 Å². The highest BCUT2D eigenvalue weighted by atomic mass is 32.1. The predicted molar refractivity (Wildman–Crippen MR) is 94.2 cm³/mol. The summed E-state index contributed by atoms with van der Waals surface area (Å²) in [6.07, 6.45) is 5.22. The van der Waals surface area contributed by atoms with E-state index in [4.69, 9.17) is 0 Å². The van der Waals surface area contributed by atoms with Gasteiger partial charge in [-0.1, -0.05) is 38.8 Å². The topological polar surface area (TPSA) is 12.0 Å². The Labute approximate surface area is 136 Å². The van der Waals surface area contributed by atoms with Gasteiger partial charge in [0, 0.05) is 28.3 Å². The molecule has 0 aliphatic heterocycles. The van der Waals surface area contributed by atoms with Gasteiger partial charge in [-0.2, -0.15) is 0 Å². The summed E-state index contributed by atoms with van der Waals surface area (Å²) in [4.78, 5) is 2.96. The summed E-state index contributed by atoms with van der Waals surface area (Å²) in [5.41, 5.74) is 0. The number of rotatable bonds is 5. The van der Waals surface area contributed by atoms with Crippen LogP contribution in [0.2, 0.25) is 0 Å². The zero-order valence-electron chi connectivity index (χ0n) is 12.9. The lowest BCUT2D eigenvalue weighted by atomic mass is 9.77. The summed E-state index contributed by atoms with van der Waals surface area (Å²) in [6.45, 7) is 4.84. The van der Waals surface area contributed by atoms with Gasteiger partial charge >= 0.3 is 0 Å². The molecule has 1 aliphatic carbocycles. The van der Waals surface area contributed by atoms with Crippen LogP contribution in [0.1, 0.15) is 48.9 Å². The molecule has 1 aliphatic rings. The van der Waals surface area contributed by atoms with Gasteiger partial charge in [0.25, 0.3) is 0 Å². The smallest absolute Gasteiger partial charge is 0.0465 e. The van der Waals surface area contributed by atoms with Crippen molar-refractivity contribution >= 4 is 22.7 Å². The Bertz CT molecular complexity index is 517. The highest BCUT2D eigenvalue weighted by Crippen LogP contribution is 2.33. The Balaban J connectivity index is 1.73. The molecule has 2 heterocycles. The van der Waals surface area contributed by atoms with Crippen molar-refractivity contribution in [2.45, 2.75) is 51.6 Å². The minimum absolute atomic E-state index is 0.474. The molecule has 4 unspecified atom stereocenters. The lowest BCUT2D eigenvalue weighted by Gasteiger charge is -2.37. The molecule has 4 atom stereocenters. The molecule has 0 bridgehead atoms. The van der Waals surface area contributed by atoms with Crippen LogP contribution in [0.15, 0.2) is 35.0 Å². The normalized spacial score (nSPS) is 27.6. The van der Waals surface area contributed by atoms with Crippen molar-refractivity contribution in [1.82, 2.24) is 5.32 Å². The summed E-state index contributed by atoms with van der Waals surface area (Å²) >= 11 is 3.76. The van der Waals surface area contributed by atoms with E-state index in [9.17, 15) is 0 Å². The minimum Gasteiger partial charge on any atom is -0.306 e. The van der Waals surface area contributed by atoms with Crippen molar-refractivity contribution in [2.75, 3.05) is 0 Å². The van der Waals surface area contributed by atoms with Crippen LogP contribution in [-0.4, -0.2) is 6.04 Å². The first-order valence-corrected chi connectivity index (χ1v) is 9.82. The van der Waals surface area contributed by atoms with E-state index in [0.717, 1.165) is 18.3 Å². The molecular weight excluding hydrogens is 294 g/mol. The summed E-state index contributed by atoms with van der Waals surface area (Å²) in [5, 5.41) is 8.38. The van der Waals surface area contributed by atoms with Crippen molar-refractivity contribution < 1.29 is 0 Å². The SMILES string of the molecule is CC1CCCC(NC(Cc2cccs2)c2cccs2)C1C. The first-order valence-electron chi connectivity index (χ1n) is 8.06. The van der Waals surface area contributed by atoms with Crippen LogP contribution in [-0.2, 0) is 6.42 Å². The summed E-state index contributed by atoms with van der Waals surface area (Å²) < 4.78 is 0. The van der Waals surface area contributed by atoms with E-state index in [2.05, 4.69) is 54.2 Å². The van der Waals surface area contributed by atoms with Gasteiger partial charge in [-0.3, -0.25) is 0 Å². The van der Waals surface area contributed by atoms with E-state index in [-0.39, 0.29) is 0 Å². The maximum Gasteiger partial charge on any atom is 0.0465 e. The van der Waals surface area contributed by atoms with E-state index in [1.165, 1.54) is 29.0 Å². The Morgan fingerprint density at radius 2 is 1.95 bits per heavy atom. The molecule has 1 nitrogen and oxygen atoms in total. The molecular formula is C18H25NS2. The molecule has 114 valence electrons. The first-order chi connectivity index (χ1) is 10.2. The van der Waals surface area contributed by atoms with Crippen LogP contribution in [0.25, 0.3) is 0 Å². The minimum atomic E-state index is 0.474. The van der Waals surface area contributed by atoms with Crippen LogP contribution < -0.4 is 5.32 Å². The third-order valence-electron chi connectivity index (χ3n) is 4.99. The van der Waals surface area contributed by atoms with Crippen LogP contribution in [0.4, 0.5) is 0 Å². The number of thiophene rings is 2. The highest BCUT2D eigenvalue weighted by molar-refractivity contribution is 7.10. The Kier molecular flexibility index (Phi) is 5.15. The van der Waals surface area contributed by atoms with Crippen LogP contribution >= 0.6 is 22.7 Å². The van der Waals surface area contributed by atoms with Gasteiger partial charge < -0.3 is 5.32 Å². The molecule has 3 rings (SSSR count). The highest BCUT2D eigenvalue weighted by Gasteiger charge is 2.29. The Hall–Kier alpha value is -0.640. The lowest BCUT2D eigenvalue weighted by Crippen LogP contribution is -2.42. The second kappa shape index (κ2) is 7.08. The van der Waals surface area contributed by atoms with E-state index < -0.39 is 0 Å². The third kappa shape index (κ3) is 3.77. The number of nitrogens with one attached hydrogen (secondary N) is 1. The molecule has 2 aromatic heterocycles. The largest absolute Gasteiger partial charge is 0.306 e. The zero-order valence-corrected chi connectivity index (χ0v) is 14.6. The molecule has 3 heteroatoms. The summed E-state index contributed by atoms with van der Waals surface area (Å²) in [7, 11) is 0. The molecule has 21 heavy (non-hydrogen) atoms. The first kappa shape index (κ1) is 15.3. The molecule has 1 fully saturated rings. The Morgan fingerprint density at radius 1 is 1.14 bits per heavy atom. The zero-order chi connectivity index (χ0) is 14.7. The second-order valence-electron chi connectivity index (χ2n) is 6.39. The predicted octanol–water partition coefficient (Wildman–Crippen LogP) is 5.51. The van der Waals surface area contributed by atoms with Gasteiger partial charge in [0.15, 0.2) is 0 Å². The van der Waals surface area contributed by atoms with Gasteiger partial charge in [-0.15, -0.1) is 22.7 Å². The summed E-state index contributed by atoms with van der Waals surface area (Å²) in [5.74, 6) is 1.63. The van der Waals surface area contributed by atoms with Gasteiger partial charge in [0.2, 0.25) is 0 Å². The summed E-state index contributed by atoms with van der Waals surface area (Å²) in [6, 6.07) is 10.0. The molecule has 0 spiro atoms. The van der Waals surface area contributed by atoms with E-state index in [1.54, 1.807) is 0 Å². The number of hydrogen-bond acceptors (Lipinski definition) is 3. The fourth-order valence-electron chi connectivity index (χ4n) is 3.44. The van der Waals surface area contributed by atoms with E-state index >= 15 is 0 Å². The molecule has 2 aromatic rings. The average Bonchev–Trinajstić information content (AvgIpc) is 3.16. The molecule has 0 aromatic carbocycles. The van der Waals surface area contributed by atoms with Crippen molar-refractivity contribution in [3.05, 3.63) is 44.8 Å². The van der Waals surface area contributed by atoms with Crippen LogP contribution in [0, 0.1) is 11.8 Å². The third-order valence-corrected chi connectivity index (χ3v) is 6.88. The van der Waals surface area contributed by atoms with Crippen molar-refractivity contribution in [2.24, 2.45) is 11.8 Å². The van der Waals surface area contributed by atoms with Crippen molar-refractivity contribution in [3.8, 4) is 0 Å². The quantitative estimate of drug-likeness (QED) is 0.766. The number of hydrogen-bond donors (Lipinski definition) is 1. The van der Waals surface area contributed by atoms with Gasteiger partial charge in [-0.25, -0.2) is 0 Å². The second-order valence-corrected chi connectivity index (χ2v) is 8.40. The maximum atomic E-state index is 3.99. The Morgan fingerprint density at radius 3 is 2.67 bits per heavy atom. The molecule has 0 radical (unpaired) electrons. The van der Waals surface area contributed by atoms with Crippen molar-refractivity contribution in [3.63, 3.8) is 0 Å². The lowest BCUT2D eigenvalue weighted by molar-refractivity contribution is 0.194. The fraction of sp³-hybridized carbons (Fsp3) is 0.556. The molecule has 0 saturated heterocycles. The standard InChI is InChI=1S/C18H25NS2/c1-13-6-3-8-16(14(13)2)19-17(18-9-5-11-21-18)12-15-7-4-10-20-15/h4-5,7,9-11,13-14,16-17,19H,3,6,8,12H2,1-2H3. The molecule has 0 amide bonds. The van der Waals surface area contributed by atoms with Crippen molar-refractivity contribution in [1.29, 1.82) is 0 Å². The van der Waals surface area contributed by atoms with Gasteiger partial charge in [0.05, 0.1) is 0 Å². The monoisotopic (exact) mass is 319 g/mol. The van der Waals surface area contributed by atoms with E-state index in [0.29, 0.717) is 12.1 Å². The molecule has 1 N–H and O–H groups in total. The average molecular weight is 320 g/mol. The van der Waals surface area contributed by atoms with E-state index in [1.807, 2.05) is 22.7 Å². The molecule has 1 saturated carbocycles.